The molecule has 10 heteroatoms. The second-order valence-electron chi connectivity index (χ2n) is 7.68. The standard InChI is InChI=1S/C20H23F2N5O2S/c1-13(2)18-10-15(21)19-11-23-20(25-27(18)19)24-17-8-9-26(12-16(17)22)30(28,29)14-6-4-3-5-7-14/h3-7,10-11,13,16-17H,8-9,12H2,1-2H3,(H,24,25)/t16-,17-/m1/s1. The molecule has 4 rings (SSSR count). The number of piperidine rings is 1. The molecular formula is C20H23F2N5O2S. The van der Waals surface area contributed by atoms with Crippen LogP contribution >= 0.6 is 0 Å². The highest BCUT2D eigenvalue weighted by Gasteiger charge is 2.36. The quantitative estimate of drug-likeness (QED) is 0.666. The molecule has 0 amide bonds. The van der Waals surface area contributed by atoms with Gasteiger partial charge in [0.2, 0.25) is 16.0 Å². The van der Waals surface area contributed by atoms with Crippen LogP contribution in [0.5, 0.6) is 0 Å². The van der Waals surface area contributed by atoms with Crippen LogP contribution < -0.4 is 5.32 Å². The molecule has 0 bridgehead atoms. The van der Waals surface area contributed by atoms with Crippen molar-refractivity contribution in [3.05, 3.63) is 54.1 Å². The second kappa shape index (κ2) is 7.92. The molecular weight excluding hydrogens is 412 g/mol. The molecule has 1 aromatic carbocycles. The van der Waals surface area contributed by atoms with Crippen molar-refractivity contribution >= 4 is 21.5 Å². The summed E-state index contributed by atoms with van der Waals surface area (Å²) in [5.74, 6) is -0.190. The zero-order valence-corrected chi connectivity index (χ0v) is 17.5. The SMILES string of the molecule is CC(C)c1cc(F)c2cnc(N[C@@H]3CCN(S(=O)(=O)c4ccccc4)C[C@H]3F)nn12. The molecule has 30 heavy (non-hydrogen) atoms. The third-order valence-corrected chi connectivity index (χ3v) is 7.17. The Labute approximate surface area is 173 Å². The van der Waals surface area contributed by atoms with Crippen molar-refractivity contribution in [3.8, 4) is 0 Å². The number of alkyl halides is 1. The van der Waals surface area contributed by atoms with Crippen molar-refractivity contribution in [2.45, 2.75) is 43.3 Å². The molecule has 0 aliphatic carbocycles. The molecule has 1 N–H and O–H groups in total. The lowest BCUT2D eigenvalue weighted by Crippen LogP contribution is -2.50. The number of nitrogens with zero attached hydrogens (tertiary/aromatic N) is 4. The zero-order valence-electron chi connectivity index (χ0n) is 16.7. The van der Waals surface area contributed by atoms with Crippen LogP contribution in [0, 0.1) is 5.82 Å². The van der Waals surface area contributed by atoms with E-state index in [1.807, 2.05) is 13.8 Å². The minimum absolute atomic E-state index is 0.0464. The largest absolute Gasteiger partial charge is 0.347 e. The van der Waals surface area contributed by atoms with Gasteiger partial charge in [-0.15, -0.1) is 5.10 Å². The van der Waals surface area contributed by atoms with Gasteiger partial charge in [-0.25, -0.2) is 26.7 Å². The number of hydrogen-bond acceptors (Lipinski definition) is 5. The van der Waals surface area contributed by atoms with E-state index in [0.29, 0.717) is 5.69 Å². The third kappa shape index (κ3) is 3.77. The zero-order chi connectivity index (χ0) is 21.5. The lowest BCUT2D eigenvalue weighted by molar-refractivity contribution is 0.185. The van der Waals surface area contributed by atoms with Crippen LogP contribution in [-0.2, 0) is 10.0 Å². The lowest BCUT2D eigenvalue weighted by Gasteiger charge is -2.34. The van der Waals surface area contributed by atoms with E-state index in [0.717, 1.165) is 4.31 Å². The summed E-state index contributed by atoms with van der Waals surface area (Å²) in [5, 5.41) is 7.27. The molecule has 0 spiro atoms. The topological polar surface area (TPSA) is 79.6 Å². The van der Waals surface area contributed by atoms with Crippen LogP contribution in [0.3, 0.4) is 0 Å². The Morgan fingerprint density at radius 3 is 2.63 bits per heavy atom. The first-order chi connectivity index (χ1) is 14.3. The van der Waals surface area contributed by atoms with Crippen molar-refractivity contribution in [3.63, 3.8) is 0 Å². The van der Waals surface area contributed by atoms with Crippen LogP contribution in [-0.4, -0.2) is 52.6 Å². The maximum atomic E-state index is 14.9. The minimum Gasteiger partial charge on any atom is -0.347 e. The highest BCUT2D eigenvalue weighted by molar-refractivity contribution is 7.89. The molecule has 0 saturated carbocycles. The van der Waals surface area contributed by atoms with Crippen LogP contribution in [0.4, 0.5) is 14.7 Å². The predicted molar refractivity (Wildman–Crippen MR) is 109 cm³/mol. The number of anilines is 1. The molecule has 160 valence electrons. The fraction of sp³-hybridized carbons (Fsp3) is 0.400. The maximum Gasteiger partial charge on any atom is 0.243 e. The summed E-state index contributed by atoms with van der Waals surface area (Å²) >= 11 is 0. The second-order valence-corrected chi connectivity index (χ2v) is 9.62. The number of benzene rings is 1. The molecule has 3 heterocycles. The van der Waals surface area contributed by atoms with Crippen molar-refractivity contribution < 1.29 is 17.2 Å². The van der Waals surface area contributed by atoms with Gasteiger partial charge in [0, 0.05) is 18.8 Å². The summed E-state index contributed by atoms with van der Waals surface area (Å²) in [4.78, 5) is 4.25. The van der Waals surface area contributed by atoms with E-state index < -0.39 is 28.1 Å². The van der Waals surface area contributed by atoms with Gasteiger partial charge in [-0.1, -0.05) is 32.0 Å². The summed E-state index contributed by atoms with van der Waals surface area (Å²) < 4.78 is 57.0. The summed E-state index contributed by atoms with van der Waals surface area (Å²) in [6.07, 6.45) is 0.173. The highest BCUT2D eigenvalue weighted by Crippen LogP contribution is 2.25. The number of rotatable bonds is 5. The third-order valence-electron chi connectivity index (χ3n) is 5.29. The van der Waals surface area contributed by atoms with Gasteiger partial charge in [-0.2, -0.15) is 4.31 Å². The molecule has 0 unspecified atom stereocenters. The van der Waals surface area contributed by atoms with Crippen molar-refractivity contribution in [2.24, 2.45) is 0 Å². The number of sulfonamides is 1. The number of aromatic nitrogens is 3. The predicted octanol–water partition coefficient (Wildman–Crippen LogP) is 3.21. The lowest BCUT2D eigenvalue weighted by atomic mass is 10.1. The summed E-state index contributed by atoms with van der Waals surface area (Å²) in [7, 11) is -3.74. The van der Waals surface area contributed by atoms with E-state index in [2.05, 4.69) is 15.4 Å². The Morgan fingerprint density at radius 1 is 1.23 bits per heavy atom. The normalized spacial score (nSPS) is 20.7. The Kier molecular flexibility index (Phi) is 5.46. The first-order valence-electron chi connectivity index (χ1n) is 9.77. The van der Waals surface area contributed by atoms with E-state index in [9.17, 15) is 17.2 Å². The maximum absolute atomic E-state index is 14.9. The van der Waals surface area contributed by atoms with Gasteiger partial charge >= 0.3 is 0 Å². The summed E-state index contributed by atoms with van der Waals surface area (Å²) in [6, 6.07) is 8.77. The molecule has 1 aliphatic rings. The average molecular weight is 436 g/mol. The van der Waals surface area contributed by atoms with Crippen molar-refractivity contribution in [1.29, 1.82) is 0 Å². The highest BCUT2D eigenvalue weighted by atomic mass is 32.2. The van der Waals surface area contributed by atoms with E-state index in [1.54, 1.807) is 18.2 Å². The van der Waals surface area contributed by atoms with Gasteiger partial charge in [0.15, 0.2) is 5.82 Å². The van der Waals surface area contributed by atoms with Crippen LogP contribution in [0.2, 0.25) is 0 Å². The van der Waals surface area contributed by atoms with Gasteiger partial charge in [-0.3, -0.25) is 0 Å². The fourth-order valence-electron chi connectivity index (χ4n) is 3.62. The monoisotopic (exact) mass is 435 g/mol. The van der Waals surface area contributed by atoms with Gasteiger partial charge in [0.1, 0.15) is 11.7 Å². The molecule has 2 aromatic heterocycles. The van der Waals surface area contributed by atoms with Crippen LogP contribution in [0.15, 0.2) is 47.5 Å². The van der Waals surface area contributed by atoms with Gasteiger partial charge in [-0.05, 0) is 30.5 Å². The molecule has 3 aromatic rings. The average Bonchev–Trinajstić information content (AvgIpc) is 3.06. The van der Waals surface area contributed by atoms with E-state index in [4.69, 9.17) is 0 Å². The molecule has 0 radical (unpaired) electrons. The van der Waals surface area contributed by atoms with E-state index in [1.165, 1.54) is 28.9 Å². The van der Waals surface area contributed by atoms with E-state index in [-0.39, 0.29) is 41.8 Å². The Bertz CT molecular complexity index is 1150. The van der Waals surface area contributed by atoms with Crippen molar-refractivity contribution in [2.75, 3.05) is 18.4 Å². The van der Waals surface area contributed by atoms with Crippen LogP contribution in [0.25, 0.3) is 5.52 Å². The Morgan fingerprint density at radius 2 is 1.97 bits per heavy atom. The number of hydrogen-bond donors (Lipinski definition) is 1. The molecule has 2 atom stereocenters. The van der Waals surface area contributed by atoms with Crippen molar-refractivity contribution in [1.82, 2.24) is 18.9 Å². The van der Waals surface area contributed by atoms with E-state index >= 15 is 0 Å². The summed E-state index contributed by atoms with van der Waals surface area (Å²) in [5.41, 5.74) is 0.943. The molecule has 1 saturated heterocycles. The number of halogens is 2. The van der Waals surface area contributed by atoms with Crippen LogP contribution in [0.1, 0.15) is 31.9 Å². The smallest absolute Gasteiger partial charge is 0.243 e. The van der Waals surface area contributed by atoms with Gasteiger partial charge < -0.3 is 5.32 Å². The number of nitrogens with one attached hydrogen (secondary N) is 1. The Balaban J connectivity index is 1.50. The number of fused-ring (bicyclic) bond motifs is 1. The molecule has 1 aliphatic heterocycles. The molecule has 7 nitrogen and oxygen atoms in total. The summed E-state index contributed by atoms with van der Waals surface area (Å²) in [6.45, 7) is 3.77. The minimum atomic E-state index is -3.74. The van der Waals surface area contributed by atoms with Gasteiger partial charge in [0.25, 0.3) is 0 Å². The van der Waals surface area contributed by atoms with Gasteiger partial charge in [0.05, 0.1) is 17.1 Å². The first-order valence-corrected chi connectivity index (χ1v) is 11.2. The fourth-order valence-corrected chi connectivity index (χ4v) is 5.10. The molecule has 1 fully saturated rings. The first kappa shape index (κ1) is 20.7. The Hall–Kier alpha value is -2.59.